The molecule has 25 heavy (non-hydrogen) atoms. The van der Waals surface area contributed by atoms with Crippen LogP contribution in [0.5, 0.6) is 0 Å². The van der Waals surface area contributed by atoms with Crippen LogP contribution in [0.25, 0.3) is 0 Å². The maximum atomic E-state index is 12.5. The van der Waals surface area contributed by atoms with E-state index in [0.29, 0.717) is 5.56 Å². The van der Waals surface area contributed by atoms with Crippen molar-refractivity contribution in [3.05, 3.63) is 58.3 Å². The highest BCUT2D eigenvalue weighted by Gasteiger charge is 2.54. The molecule has 0 radical (unpaired) electrons. The summed E-state index contributed by atoms with van der Waals surface area (Å²) in [6, 6.07) is 4.46. The third-order valence-corrected chi connectivity index (χ3v) is 5.42. The van der Waals surface area contributed by atoms with Crippen LogP contribution in [-0.4, -0.2) is 28.2 Å². The van der Waals surface area contributed by atoms with E-state index in [1.807, 2.05) is 0 Å². The van der Waals surface area contributed by atoms with E-state index in [1.165, 1.54) is 18.3 Å². The summed E-state index contributed by atoms with van der Waals surface area (Å²) in [7, 11) is 0. The first-order valence-corrected chi connectivity index (χ1v) is 8.32. The van der Waals surface area contributed by atoms with Crippen molar-refractivity contribution in [2.75, 3.05) is 18.0 Å². The summed E-state index contributed by atoms with van der Waals surface area (Å²) in [5, 5.41) is 10.4. The zero-order valence-electron chi connectivity index (χ0n) is 13.5. The molecule has 2 fully saturated rings. The number of halogens is 2. The number of anilines is 1. The van der Waals surface area contributed by atoms with Crippen molar-refractivity contribution in [3.63, 3.8) is 0 Å². The molecule has 1 unspecified atom stereocenters. The minimum absolute atomic E-state index is 0.0879. The highest BCUT2D eigenvalue weighted by molar-refractivity contribution is 5.49. The maximum Gasteiger partial charge on any atom is 0.280 e. The van der Waals surface area contributed by atoms with Gasteiger partial charge in [-0.15, -0.1) is 0 Å². The number of aromatic amines is 1. The number of H-pyrrole nitrogens is 1. The Hall–Kier alpha value is -2.28. The van der Waals surface area contributed by atoms with Gasteiger partial charge in [0.2, 0.25) is 0 Å². The van der Waals surface area contributed by atoms with E-state index in [1.54, 1.807) is 18.5 Å². The van der Waals surface area contributed by atoms with Crippen LogP contribution in [0.4, 0.5) is 14.5 Å². The first-order valence-electron chi connectivity index (χ1n) is 8.32. The quantitative estimate of drug-likeness (QED) is 0.892. The molecule has 0 amide bonds. The van der Waals surface area contributed by atoms with Crippen LogP contribution in [-0.2, 0) is 0 Å². The molecule has 0 aromatic carbocycles. The van der Waals surface area contributed by atoms with Crippen molar-refractivity contribution in [2.24, 2.45) is 11.3 Å². The Morgan fingerprint density at radius 3 is 2.64 bits per heavy atom. The first-order chi connectivity index (χ1) is 12.0. The van der Waals surface area contributed by atoms with Crippen molar-refractivity contribution in [3.8, 4) is 0 Å². The van der Waals surface area contributed by atoms with Crippen LogP contribution in [0, 0.1) is 11.3 Å². The number of aliphatic hydroxyl groups excluding tert-OH is 1. The lowest BCUT2D eigenvalue weighted by atomic mass is 9.56. The van der Waals surface area contributed by atoms with Crippen LogP contribution in [0.2, 0.25) is 0 Å². The third kappa shape index (κ3) is 2.82. The number of rotatable bonds is 4. The van der Waals surface area contributed by atoms with E-state index in [9.17, 15) is 18.7 Å². The normalized spacial score (nSPS) is 20.4. The van der Waals surface area contributed by atoms with Gasteiger partial charge >= 0.3 is 0 Å². The van der Waals surface area contributed by atoms with Crippen molar-refractivity contribution >= 4 is 5.69 Å². The number of aromatic nitrogens is 2. The molecule has 2 N–H and O–H groups in total. The second-order valence-electron chi connectivity index (χ2n) is 7.18. The summed E-state index contributed by atoms with van der Waals surface area (Å²) in [5.74, 6) is 0.0879. The highest BCUT2D eigenvalue weighted by atomic mass is 19.3. The Morgan fingerprint density at radius 1 is 1.28 bits per heavy atom. The lowest BCUT2D eigenvalue weighted by Crippen LogP contribution is -2.63. The minimum Gasteiger partial charge on any atom is -0.388 e. The molecule has 3 heterocycles. The topological polar surface area (TPSA) is 69.2 Å². The SMILES string of the molecule is O=c1cc[nH]cc1C(O)C1CC2(C1)CN(c1ccc(C(F)F)nc1)C2. The van der Waals surface area contributed by atoms with Gasteiger partial charge in [0.25, 0.3) is 6.43 Å². The fourth-order valence-corrected chi connectivity index (χ4v) is 4.11. The number of hydrogen-bond acceptors (Lipinski definition) is 4. The average Bonchev–Trinajstić information content (AvgIpc) is 2.53. The van der Waals surface area contributed by atoms with E-state index in [-0.39, 0.29) is 22.5 Å². The van der Waals surface area contributed by atoms with Gasteiger partial charge < -0.3 is 15.0 Å². The van der Waals surface area contributed by atoms with Crippen LogP contribution >= 0.6 is 0 Å². The van der Waals surface area contributed by atoms with E-state index in [4.69, 9.17) is 0 Å². The molecule has 2 aliphatic rings. The van der Waals surface area contributed by atoms with Gasteiger partial charge in [-0.2, -0.15) is 0 Å². The number of nitrogens with one attached hydrogen (secondary N) is 1. The molecule has 1 saturated heterocycles. The van der Waals surface area contributed by atoms with Gasteiger partial charge in [-0.25, -0.2) is 8.78 Å². The molecular formula is C18H19F2N3O2. The predicted octanol–water partition coefficient (Wildman–Crippen LogP) is 2.66. The summed E-state index contributed by atoms with van der Waals surface area (Å²) in [6.07, 6.45) is 3.05. The van der Waals surface area contributed by atoms with Crippen molar-refractivity contribution in [2.45, 2.75) is 25.4 Å². The van der Waals surface area contributed by atoms with Crippen molar-refractivity contribution < 1.29 is 13.9 Å². The molecular weight excluding hydrogens is 328 g/mol. The molecule has 1 aliphatic heterocycles. The molecule has 1 aliphatic carbocycles. The van der Waals surface area contributed by atoms with Crippen LogP contribution in [0.15, 0.2) is 41.6 Å². The lowest BCUT2D eigenvalue weighted by molar-refractivity contribution is -0.0513. The molecule has 132 valence electrons. The Labute approximate surface area is 143 Å². The van der Waals surface area contributed by atoms with Gasteiger partial charge in [0.15, 0.2) is 5.43 Å². The van der Waals surface area contributed by atoms with Gasteiger partial charge in [-0.1, -0.05) is 0 Å². The first kappa shape index (κ1) is 16.2. The number of alkyl halides is 2. The summed E-state index contributed by atoms with van der Waals surface area (Å²) in [4.78, 5) is 20.6. The van der Waals surface area contributed by atoms with Gasteiger partial charge in [0.1, 0.15) is 5.69 Å². The highest BCUT2D eigenvalue weighted by Crippen LogP contribution is 2.56. The average molecular weight is 347 g/mol. The fourth-order valence-electron chi connectivity index (χ4n) is 4.11. The number of nitrogens with zero attached hydrogens (tertiary/aromatic N) is 2. The van der Waals surface area contributed by atoms with Gasteiger partial charge in [-0.05, 0) is 30.9 Å². The summed E-state index contributed by atoms with van der Waals surface area (Å²) in [6.45, 7) is 1.66. The summed E-state index contributed by atoms with van der Waals surface area (Å²) in [5.41, 5.74) is 1.07. The smallest absolute Gasteiger partial charge is 0.280 e. The summed E-state index contributed by atoms with van der Waals surface area (Å²) < 4.78 is 25.1. The fraction of sp³-hybridized carbons (Fsp3) is 0.444. The summed E-state index contributed by atoms with van der Waals surface area (Å²) >= 11 is 0. The van der Waals surface area contributed by atoms with Crippen LogP contribution < -0.4 is 10.3 Å². The number of aliphatic hydroxyl groups is 1. The second-order valence-corrected chi connectivity index (χ2v) is 7.18. The zero-order chi connectivity index (χ0) is 17.6. The third-order valence-electron chi connectivity index (χ3n) is 5.42. The number of hydrogen-bond donors (Lipinski definition) is 2. The van der Waals surface area contributed by atoms with Crippen molar-refractivity contribution in [1.82, 2.24) is 9.97 Å². The predicted molar refractivity (Wildman–Crippen MR) is 88.6 cm³/mol. The molecule has 1 spiro atoms. The molecule has 2 aromatic rings. The second kappa shape index (κ2) is 5.91. The molecule has 5 nitrogen and oxygen atoms in total. The number of pyridine rings is 2. The van der Waals surface area contributed by atoms with E-state index >= 15 is 0 Å². The Morgan fingerprint density at radius 2 is 2.04 bits per heavy atom. The van der Waals surface area contributed by atoms with Crippen LogP contribution in [0.3, 0.4) is 0 Å². The van der Waals surface area contributed by atoms with Gasteiger partial charge in [0, 0.05) is 42.5 Å². The standard InChI is InChI=1S/C18H19F2N3O2/c19-17(20)14-2-1-12(7-22-14)23-9-18(10-23)5-11(6-18)16(25)13-8-21-4-3-15(13)24/h1-4,7-8,11,16-17,25H,5-6,9-10H2,(H,21,24). The molecule has 7 heteroatoms. The Kier molecular flexibility index (Phi) is 3.83. The Balaban J connectivity index is 1.34. The monoisotopic (exact) mass is 347 g/mol. The molecule has 4 rings (SSSR count). The minimum atomic E-state index is -2.55. The van der Waals surface area contributed by atoms with Gasteiger partial charge in [-0.3, -0.25) is 9.78 Å². The van der Waals surface area contributed by atoms with E-state index in [2.05, 4.69) is 14.9 Å². The molecule has 1 atom stereocenters. The zero-order valence-corrected chi connectivity index (χ0v) is 13.5. The molecule has 2 aromatic heterocycles. The maximum absolute atomic E-state index is 12.5. The van der Waals surface area contributed by atoms with Crippen LogP contribution in [0.1, 0.15) is 36.6 Å². The molecule has 0 bridgehead atoms. The lowest BCUT2D eigenvalue weighted by Gasteiger charge is -2.60. The van der Waals surface area contributed by atoms with E-state index in [0.717, 1.165) is 31.6 Å². The largest absolute Gasteiger partial charge is 0.388 e. The van der Waals surface area contributed by atoms with E-state index < -0.39 is 12.5 Å². The molecule has 1 saturated carbocycles. The Bertz CT molecular complexity index is 808. The van der Waals surface area contributed by atoms with Crippen molar-refractivity contribution in [1.29, 1.82) is 0 Å². The van der Waals surface area contributed by atoms with Gasteiger partial charge in [0.05, 0.1) is 18.0 Å².